The van der Waals surface area contributed by atoms with E-state index in [-0.39, 0.29) is 22.3 Å². The summed E-state index contributed by atoms with van der Waals surface area (Å²) in [5, 5.41) is 10.7. The minimum Gasteiger partial charge on any atom is -0.260 e. The van der Waals surface area contributed by atoms with Crippen LogP contribution >= 0.6 is 23.2 Å². The topological polar surface area (TPSA) is 86.5 Å². The predicted octanol–water partition coefficient (Wildman–Crippen LogP) is 2.45. The van der Waals surface area contributed by atoms with E-state index >= 15 is 0 Å². The zero-order chi connectivity index (χ0) is 14.6. The molecule has 0 saturated heterocycles. The molecule has 0 radical (unpaired) electrons. The Hall–Kier alpha value is -0.890. The number of halogens is 2. The summed E-state index contributed by atoms with van der Waals surface area (Å²) < 4.78 is 28.8. The van der Waals surface area contributed by atoms with E-state index in [1.165, 1.54) is 19.1 Å². The number of benzene rings is 1. The highest BCUT2D eigenvalue weighted by atomic mass is 35.5. The lowest BCUT2D eigenvalue weighted by atomic mass is 10.2. The van der Waals surface area contributed by atoms with Crippen LogP contribution in [0.3, 0.4) is 0 Å². The summed E-state index contributed by atoms with van der Waals surface area (Å²) in [4.78, 5) is 9.71. The standard InChI is InChI=1S/C10H11Cl2NO5S/c1-7-2-3-8(13(14)15)4-10(7)19(16,17)18-9(5-11)6-12/h2-4,9H,5-6H2,1H3. The molecule has 9 heteroatoms. The molecular weight excluding hydrogens is 317 g/mol. The molecule has 6 nitrogen and oxygen atoms in total. The first-order valence-electron chi connectivity index (χ1n) is 5.12. The first kappa shape index (κ1) is 16.2. The molecule has 0 bridgehead atoms. The van der Waals surface area contributed by atoms with Crippen LogP contribution in [0.25, 0.3) is 0 Å². The van der Waals surface area contributed by atoms with Gasteiger partial charge in [0.1, 0.15) is 11.0 Å². The molecule has 106 valence electrons. The molecule has 1 aromatic carbocycles. The first-order chi connectivity index (χ1) is 8.81. The second-order valence-electron chi connectivity index (χ2n) is 3.69. The van der Waals surface area contributed by atoms with Crippen LogP contribution in [0.1, 0.15) is 5.56 Å². The Bertz CT molecular complexity index is 571. The number of rotatable bonds is 6. The van der Waals surface area contributed by atoms with E-state index in [0.717, 1.165) is 6.07 Å². The number of nitrogens with zero attached hydrogens (tertiary/aromatic N) is 1. The Morgan fingerprint density at radius 1 is 1.37 bits per heavy atom. The molecule has 0 fully saturated rings. The molecule has 0 amide bonds. The summed E-state index contributed by atoms with van der Waals surface area (Å²) in [5.41, 5.74) is 0.00886. The van der Waals surface area contributed by atoms with Gasteiger partial charge in [-0.25, -0.2) is 0 Å². The van der Waals surface area contributed by atoms with Crippen molar-refractivity contribution in [1.29, 1.82) is 0 Å². The van der Waals surface area contributed by atoms with Gasteiger partial charge in [0.25, 0.3) is 15.8 Å². The van der Waals surface area contributed by atoms with E-state index in [1.807, 2.05) is 0 Å². The van der Waals surface area contributed by atoms with Crippen molar-refractivity contribution in [3.05, 3.63) is 33.9 Å². The molecule has 19 heavy (non-hydrogen) atoms. The minimum atomic E-state index is -4.14. The third kappa shape index (κ3) is 4.04. The minimum absolute atomic E-state index is 0.100. The SMILES string of the molecule is Cc1ccc([N+](=O)[O-])cc1S(=O)(=O)OC(CCl)CCl. The molecule has 0 spiro atoms. The van der Waals surface area contributed by atoms with Gasteiger partial charge in [0.05, 0.1) is 16.7 Å². The van der Waals surface area contributed by atoms with Crippen molar-refractivity contribution in [2.45, 2.75) is 17.9 Å². The molecule has 0 unspecified atom stereocenters. The van der Waals surface area contributed by atoms with Gasteiger partial charge in [0.15, 0.2) is 0 Å². The highest BCUT2D eigenvalue weighted by Crippen LogP contribution is 2.24. The average Bonchev–Trinajstić information content (AvgIpc) is 2.35. The van der Waals surface area contributed by atoms with E-state index in [2.05, 4.69) is 0 Å². The lowest BCUT2D eigenvalue weighted by Gasteiger charge is -2.13. The van der Waals surface area contributed by atoms with Gasteiger partial charge in [-0.05, 0) is 12.5 Å². The van der Waals surface area contributed by atoms with Crippen LogP contribution in [0.2, 0.25) is 0 Å². The van der Waals surface area contributed by atoms with Crippen LogP contribution in [0.15, 0.2) is 23.1 Å². The molecule has 0 N–H and O–H groups in total. The number of nitro benzene ring substituents is 1. The normalized spacial score (nSPS) is 11.8. The van der Waals surface area contributed by atoms with Gasteiger partial charge in [-0.3, -0.25) is 14.3 Å². The van der Waals surface area contributed by atoms with Crippen molar-refractivity contribution in [3.8, 4) is 0 Å². The number of aryl methyl sites for hydroxylation is 1. The van der Waals surface area contributed by atoms with Gasteiger partial charge >= 0.3 is 0 Å². The Morgan fingerprint density at radius 3 is 2.42 bits per heavy atom. The molecule has 0 aliphatic rings. The summed E-state index contributed by atoms with van der Waals surface area (Å²) in [6, 6.07) is 3.50. The zero-order valence-corrected chi connectivity index (χ0v) is 12.2. The largest absolute Gasteiger partial charge is 0.297 e. The first-order valence-corrected chi connectivity index (χ1v) is 7.59. The summed E-state index contributed by atoms with van der Waals surface area (Å²) in [7, 11) is -4.14. The Kier molecular flexibility index (Phi) is 5.54. The molecule has 0 aliphatic carbocycles. The second kappa shape index (κ2) is 6.51. The Labute approximate surface area is 120 Å². The summed E-state index contributed by atoms with van der Waals surface area (Å²) in [6.07, 6.45) is -0.882. The maximum atomic E-state index is 12.0. The molecule has 0 aliphatic heterocycles. The highest BCUT2D eigenvalue weighted by molar-refractivity contribution is 7.86. The van der Waals surface area contributed by atoms with Crippen molar-refractivity contribution >= 4 is 39.0 Å². The summed E-state index contributed by atoms with van der Waals surface area (Å²) in [5.74, 6) is -0.201. The highest BCUT2D eigenvalue weighted by Gasteiger charge is 2.24. The monoisotopic (exact) mass is 327 g/mol. The second-order valence-corrected chi connectivity index (χ2v) is 5.85. The number of non-ortho nitro benzene ring substituents is 1. The zero-order valence-electron chi connectivity index (χ0n) is 9.88. The molecule has 0 saturated carbocycles. The lowest BCUT2D eigenvalue weighted by Crippen LogP contribution is -2.22. The third-order valence-corrected chi connectivity index (χ3v) is 4.45. The Balaban J connectivity index is 3.20. The molecule has 1 rings (SSSR count). The van der Waals surface area contributed by atoms with Gasteiger partial charge < -0.3 is 0 Å². The van der Waals surface area contributed by atoms with E-state index in [9.17, 15) is 18.5 Å². The van der Waals surface area contributed by atoms with Crippen molar-refractivity contribution in [1.82, 2.24) is 0 Å². The number of nitro groups is 1. The van der Waals surface area contributed by atoms with E-state index in [0.29, 0.717) is 5.56 Å². The van der Waals surface area contributed by atoms with Crippen LogP contribution in [0.4, 0.5) is 5.69 Å². The summed E-state index contributed by atoms with van der Waals surface area (Å²) >= 11 is 11.0. The predicted molar refractivity (Wildman–Crippen MR) is 71.3 cm³/mol. The van der Waals surface area contributed by atoms with Crippen LogP contribution in [-0.2, 0) is 14.3 Å². The molecule has 0 atom stereocenters. The van der Waals surface area contributed by atoms with Gasteiger partial charge in [-0.1, -0.05) is 6.07 Å². The molecule has 0 heterocycles. The quantitative estimate of drug-likeness (QED) is 0.346. The molecule has 0 aromatic heterocycles. The smallest absolute Gasteiger partial charge is 0.260 e. The van der Waals surface area contributed by atoms with E-state index in [1.54, 1.807) is 0 Å². The number of hydrogen-bond acceptors (Lipinski definition) is 5. The lowest BCUT2D eigenvalue weighted by molar-refractivity contribution is -0.385. The van der Waals surface area contributed by atoms with Crippen LogP contribution in [-0.4, -0.2) is 31.2 Å². The summed E-state index contributed by atoms with van der Waals surface area (Å²) in [6.45, 7) is 1.51. The Morgan fingerprint density at radius 2 is 1.95 bits per heavy atom. The molecular formula is C10H11Cl2NO5S. The van der Waals surface area contributed by atoms with Gasteiger partial charge in [-0.15, -0.1) is 23.2 Å². The number of hydrogen-bond donors (Lipinski definition) is 0. The fourth-order valence-electron chi connectivity index (χ4n) is 1.30. The van der Waals surface area contributed by atoms with Gasteiger partial charge in [-0.2, -0.15) is 8.42 Å². The maximum Gasteiger partial charge on any atom is 0.297 e. The van der Waals surface area contributed by atoms with Crippen LogP contribution in [0.5, 0.6) is 0 Å². The average molecular weight is 328 g/mol. The van der Waals surface area contributed by atoms with Gasteiger partial charge in [0, 0.05) is 12.1 Å². The van der Waals surface area contributed by atoms with Crippen LogP contribution in [0, 0.1) is 17.0 Å². The third-order valence-electron chi connectivity index (χ3n) is 2.26. The van der Waals surface area contributed by atoms with Crippen molar-refractivity contribution in [3.63, 3.8) is 0 Å². The van der Waals surface area contributed by atoms with Crippen LogP contribution < -0.4 is 0 Å². The van der Waals surface area contributed by atoms with E-state index < -0.39 is 21.1 Å². The van der Waals surface area contributed by atoms with E-state index in [4.69, 9.17) is 27.4 Å². The fraction of sp³-hybridized carbons (Fsp3) is 0.400. The number of alkyl halides is 2. The maximum absolute atomic E-state index is 12.0. The van der Waals surface area contributed by atoms with Crippen molar-refractivity contribution in [2.24, 2.45) is 0 Å². The van der Waals surface area contributed by atoms with Crippen molar-refractivity contribution in [2.75, 3.05) is 11.8 Å². The fourth-order valence-corrected chi connectivity index (χ4v) is 3.23. The van der Waals surface area contributed by atoms with Crippen molar-refractivity contribution < 1.29 is 17.5 Å². The molecule has 1 aromatic rings. The van der Waals surface area contributed by atoms with Gasteiger partial charge in [0.2, 0.25) is 0 Å².